The van der Waals surface area contributed by atoms with Crippen LogP contribution in [0.2, 0.25) is 0 Å². The molecular weight excluding hydrogens is 1370 g/mol. The van der Waals surface area contributed by atoms with Crippen LogP contribution < -0.4 is 158 Å². The molecule has 0 radical (unpaired) electrons. The van der Waals surface area contributed by atoms with Gasteiger partial charge >= 0.3 is 148 Å². The van der Waals surface area contributed by atoms with Crippen molar-refractivity contribution in [2.45, 2.75) is 96.6 Å². The third kappa shape index (κ3) is 19.7. The smallest absolute Gasteiger partial charge is 0.748 e. The minimum Gasteiger partial charge on any atom is -0.748 e. The van der Waals surface area contributed by atoms with Crippen molar-refractivity contribution in [2.24, 2.45) is 0 Å². The summed E-state index contributed by atoms with van der Waals surface area (Å²) in [5.41, 5.74) is 0.730. The third-order valence-corrected chi connectivity index (χ3v) is 20.2. The molecule has 0 saturated carbocycles. The van der Waals surface area contributed by atoms with Crippen LogP contribution in [-0.4, -0.2) is 148 Å². The second-order valence-corrected chi connectivity index (χ2v) is 30.4. The molecule has 466 valence electrons. The van der Waals surface area contributed by atoms with Gasteiger partial charge in [-0.05, 0) is 127 Å². The summed E-state index contributed by atoms with van der Waals surface area (Å²) in [4.78, 5) is 35.9. The van der Waals surface area contributed by atoms with E-state index >= 15 is 0 Å². The summed E-state index contributed by atoms with van der Waals surface area (Å²) < 4.78 is 224. The number of nitrogens with one attached hydrogen (secondary N) is 1. The largest absolute Gasteiger partial charge is 1.00 e. The van der Waals surface area contributed by atoms with Gasteiger partial charge in [-0.1, -0.05) is 50.3 Å². The average molecular weight is 1430 g/mol. The zero-order valence-corrected chi connectivity index (χ0v) is 66.6. The fraction of sp³-hybridized carbons (Fsp3) is 0.321. The molecule has 92 heavy (non-hydrogen) atoms. The summed E-state index contributed by atoms with van der Waals surface area (Å²) in [5.74, 6) is -2.95. The first-order valence-electron chi connectivity index (χ1n) is 26.5. The molecule has 5 aromatic rings. The van der Waals surface area contributed by atoms with E-state index in [0.29, 0.717) is 51.6 Å². The molecule has 3 aliphatic heterocycles. The van der Waals surface area contributed by atoms with Crippen molar-refractivity contribution in [3.8, 4) is 0 Å². The molecule has 5 aromatic carbocycles. The van der Waals surface area contributed by atoms with Gasteiger partial charge in [-0.15, -0.1) is 0 Å². The van der Waals surface area contributed by atoms with Crippen LogP contribution in [0.15, 0.2) is 135 Å². The number of hydrogen-bond donors (Lipinski definition) is 1. The molecule has 0 fully saturated rings. The van der Waals surface area contributed by atoms with E-state index in [9.17, 15) is 92.2 Å². The summed E-state index contributed by atoms with van der Waals surface area (Å²) in [6.07, 6.45) is 8.74. The molecule has 0 spiro atoms. The standard InChI is InChI=1S/C56H60N4O21S6.5Na/c1-55(2)48(58(25-5-7-28-82(64,65)66)44-17-15-40-42(53(44)55)31-38(84(70,71)72)33-46(40)86(76,77)78)19-13-36(37-11-9-10-35(30-37)12-21-50(61)57-24-27-60-51(62)22-23-52(60)63)14-20-49-56(3,4)54-43-32-39(85(73,74)75)34-47(87(79,80)81)41(43)16-18-45(54)59(49)26-6-8-29-83(67,68)69;;;;;/h9-11,13-20,22-23,30-34H,5-8,12,21,24-29H2,1-4H3,(H6-,57,61,64,65,66,67,68,69,70,71,72,73,74,75,76,77,78,79,80,81);;;;;/q;5*+1/p-5. The Morgan fingerprint density at radius 1 is 0.576 bits per heavy atom. The number of fused-ring (bicyclic) bond motifs is 6. The predicted octanol–water partition coefficient (Wildman–Crippen LogP) is -11.0. The van der Waals surface area contributed by atoms with E-state index < -0.39 is 120 Å². The Morgan fingerprint density at radius 2 is 1.10 bits per heavy atom. The Labute approximate surface area is 645 Å². The first-order chi connectivity index (χ1) is 40.2. The second-order valence-electron chi connectivity index (χ2n) is 21.9. The molecule has 3 heterocycles. The Kier molecular flexibility index (Phi) is 29.7. The molecule has 8 rings (SSSR count). The number of unbranched alkanes of at least 4 members (excludes halogenated alkanes) is 2. The number of allylic oxidation sites excluding steroid dienone is 6. The number of amides is 3. The van der Waals surface area contributed by atoms with Crippen LogP contribution in [0.5, 0.6) is 0 Å². The Bertz CT molecular complexity index is 4640. The summed E-state index contributed by atoms with van der Waals surface area (Å²) in [7, 11) is -31.0. The van der Waals surface area contributed by atoms with Gasteiger partial charge in [0.25, 0.3) is 11.8 Å². The van der Waals surface area contributed by atoms with Crippen LogP contribution in [0.4, 0.5) is 11.4 Å². The van der Waals surface area contributed by atoms with Gasteiger partial charge in [-0.3, -0.25) is 19.3 Å². The van der Waals surface area contributed by atoms with Gasteiger partial charge in [-0.25, -0.2) is 50.5 Å². The van der Waals surface area contributed by atoms with Gasteiger partial charge in [0.1, 0.15) is 47.0 Å². The fourth-order valence-corrected chi connectivity index (χ4v) is 15.1. The number of nitrogens with zero attached hydrogens (tertiary/aromatic N) is 3. The van der Waals surface area contributed by atoms with Gasteiger partial charge in [0.15, 0.2) is 5.71 Å². The van der Waals surface area contributed by atoms with Gasteiger partial charge < -0.3 is 37.5 Å². The van der Waals surface area contributed by atoms with E-state index in [0.717, 1.165) is 29.2 Å². The van der Waals surface area contributed by atoms with Gasteiger partial charge in [0.2, 0.25) is 11.6 Å². The SMILES string of the molecule is CC1(C)C(/C=C/C(=C/C=C2/N(CCCCS(=O)(=O)[O-])c3ccc4c(S(=O)(=O)[O-])cc(S(=O)(=O)[O-])cc4c3C2(C)C)c2cccc(CCC(=O)NCCN3C(=O)C=CC3=O)c2)=[N+](CCCCS(=O)(=O)[O-])c2ccc3c(S(=O)(=O)[O-])cc(S(=O)(=O)[O-])cc3c21.[Na+].[Na+].[Na+].[Na+].[Na+]. The molecule has 1 N–H and O–H groups in total. The summed E-state index contributed by atoms with van der Waals surface area (Å²) in [5, 5.41) is 2.04. The number of hydrogen-bond acceptors (Lipinski definition) is 22. The first-order valence-corrected chi connectivity index (χ1v) is 35.3. The first kappa shape index (κ1) is 84.3. The van der Waals surface area contributed by atoms with Crippen molar-refractivity contribution < 1.29 is 245 Å². The van der Waals surface area contributed by atoms with Crippen LogP contribution in [0.1, 0.15) is 82.1 Å². The molecular formula is C56H55N4Na5O21S6. The number of imide groups is 1. The summed E-state index contributed by atoms with van der Waals surface area (Å²) in [6.45, 7) is 6.57. The maximum Gasteiger partial charge on any atom is 1.00 e. The average Bonchev–Trinajstić information content (AvgIpc) is 1.56. The topological polar surface area (TPSA) is 416 Å². The van der Waals surface area contributed by atoms with E-state index in [1.54, 1.807) is 85.7 Å². The van der Waals surface area contributed by atoms with Crippen LogP contribution >= 0.6 is 0 Å². The van der Waals surface area contributed by atoms with E-state index in [-0.39, 0.29) is 245 Å². The van der Waals surface area contributed by atoms with Gasteiger partial charge in [0, 0.05) is 96.0 Å². The summed E-state index contributed by atoms with van der Waals surface area (Å²) >= 11 is 0. The molecule has 3 aliphatic rings. The van der Waals surface area contributed by atoms with Crippen molar-refractivity contribution in [3.05, 3.63) is 137 Å². The Hall–Kier alpha value is -1.88. The van der Waals surface area contributed by atoms with E-state index in [1.165, 1.54) is 24.3 Å². The number of carbonyl (C=O) groups is 3. The maximum atomic E-state index is 13.1. The number of anilines is 1. The monoisotopic (exact) mass is 1430 g/mol. The van der Waals surface area contributed by atoms with Crippen molar-refractivity contribution in [1.29, 1.82) is 0 Å². The van der Waals surface area contributed by atoms with Crippen molar-refractivity contribution in [2.75, 3.05) is 42.6 Å². The van der Waals surface area contributed by atoms with Crippen molar-refractivity contribution in [3.63, 3.8) is 0 Å². The molecule has 3 amide bonds. The second kappa shape index (κ2) is 32.4. The number of aryl methyl sites for hydroxylation is 1. The van der Waals surface area contributed by atoms with Gasteiger partial charge in [-0.2, -0.15) is 4.58 Å². The van der Waals surface area contributed by atoms with E-state index in [2.05, 4.69) is 5.32 Å². The molecule has 25 nitrogen and oxygen atoms in total. The number of carbonyl (C=O) groups excluding carboxylic acids is 3. The van der Waals surface area contributed by atoms with Crippen LogP contribution in [0, 0.1) is 0 Å². The maximum absolute atomic E-state index is 13.1. The summed E-state index contributed by atoms with van der Waals surface area (Å²) in [6, 6.07) is 15.2. The minimum atomic E-state index is -5.43. The minimum absolute atomic E-state index is 0. The molecule has 0 bridgehead atoms. The van der Waals surface area contributed by atoms with Crippen molar-refractivity contribution in [1.82, 2.24) is 10.2 Å². The van der Waals surface area contributed by atoms with Crippen molar-refractivity contribution >= 4 is 123 Å². The zero-order chi connectivity index (χ0) is 64.2. The Morgan fingerprint density at radius 3 is 1.62 bits per heavy atom. The quantitative estimate of drug-likeness (QED) is 0.0150. The molecule has 0 atom stereocenters. The van der Waals surface area contributed by atoms with Crippen LogP contribution in [0.25, 0.3) is 27.1 Å². The molecule has 0 aromatic heterocycles. The fourth-order valence-electron chi connectivity index (χ4n) is 11.4. The normalized spacial score (nSPS) is 16.1. The molecule has 0 aliphatic carbocycles. The molecule has 0 saturated heterocycles. The molecule has 36 heteroatoms. The van der Waals surface area contributed by atoms with Crippen LogP contribution in [-0.2, 0) is 92.3 Å². The third-order valence-electron chi connectivity index (χ3n) is 15.3. The van der Waals surface area contributed by atoms with E-state index in [1.807, 2.05) is 0 Å². The van der Waals surface area contributed by atoms with Gasteiger partial charge in [0.05, 0.1) is 45.2 Å². The number of rotatable bonds is 24. The van der Waals surface area contributed by atoms with E-state index in [4.69, 9.17) is 0 Å². The molecule has 0 unspecified atom stereocenters. The zero-order valence-electron chi connectivity index (χ0n) is 51.7. The number of benzene rings is 5. The van der Waals surface area contributed by atoms with Crippen LogP contribution in [0.3, 0.4) is 0 Å². The Balaban J connectivity index is 0.00000442. The predicted molar refractivity (Wildman–Crippen MR) is 309 cm³/mol.